The zero-order valence-corrected chi connectivity index (χ0v) is 9.43. The van der Waals surface area contributed by atoms with Gasteiger partial charge in [0.25, 0.3) is 5.69 Å². The Balaban J connectivity index is 3.17. The van der Waals surface area contributed by atoms with Crippen molar-refractivity contribution in [3.05, 3.63) is 39.4 Å². The van der Waals surface area contributed by atoms with Crippen molar-refractivity contribution in [3.8, 4) is 0 Å². The summed E-state index contributed by atoms with van der Waals surface area (Å²) in [5, 5.41) is 10.8. The summed E-state index contributed by atoms with van der Waals surface area (Å²) in [7, 11) is 1.21. The van der Waals surface area contributed by atoms with Crippen molar-refractivity contribution in [1.29, 1.82) is 0 Å². The smallest absolute Gasteiger partial charge is 0.310 e. The molecule has 0 heterocycles. The fraction of sp³-hybridized carbons (Fsp3) is 0.273. The summed E-state index contributed by atoms with van der Waals surface area (Å²) in [6.07, 6.45) is -0.189. The van der Waals surface area contributed by atoms with Crippen LogP contribution in [0.3, 0.4) is 0 Å². The molecule has 0 spiro atoms. The summed E-state index contributed by atoms with van der Waals surface area (Å²) in [5.74, 6) is -0.832. The Kier molecular flexibility index (Phi) is 3.92. The number of nitro groups is 1. The number of rotatable bonds is 4. The first-order chi connectivity index (χ1) is 7.95. The van der Waals surface area contributed by atoms with E-state index < -0.39 is 10.9 Å². The van der Waals surface area contributed by atoms with Gasteiger partial charge >= 0.3 is 5.97 Å². The van der Waals surface area contributed by atoms with Gasteiger partial charge in [-0.15, -0.1) is 0 Å². The van der Waals surface area contributed by atoms with Crippen LogP contribution in [-0.4, -0.2) is 23.8 Å². The van der Waals surface area contributed by atoms with Crippen LogP contribution in [0.1, 0.15) is 22.8 Å². The lowest BCUT2D eigenvalue weighted by atomic mass is 10.0. The van der Waals surface area contributed by atoms with Crippen molar-refractivity contribution in [1.82, 2.24) is 0 Å². The lowest BCUT2D eigenvalue weighted by Crippen LogP contribution is -2.07. The number of methoxy groups -OCH3 is 1. The Bertz CT molecular complexity index is 481. The minimum absolute atomic E-state index is 0.189. The SMILES string of the molecule is COC(=O)Cc1ccc(C(C)=O)cc1[N+](=O)[O-]. The van der Waals surface area contributed by atoms with Crippen LogP contribution in [0.25, 0.3) is 0 Å². The predicted molar refractivity (Wildman–Crippen MR) is 58.8 cm³/mol. The van der Waals surface area contributed by atoms with Crippen LogP contribution in [0.4, 0.5) is 5.69 Å². The van der Waals surface area contributed by atoms with Gasteiger partial charge in [0.1, 0.15) is 0 Å². The minimum Gasteiger partial charge on any atom is -0.469 e. The lowest BCUT2D eigenvalue weighted by Gasteiger charge is -2.03. The van der Waals surface area contributed by atoms with Crippen molar-refractivity contribution >= 4 is 17.4 Å². The summed E-state index contributed by atoms with van der Waals surface area (Å²) < 4.78 is 4.44. The molecule has 0 atom stereocenters. The number of Topliss-reactive ketones (excluding diaryl/α,β-unsaturated/α-hetero) is 1. The number of nitrogens with zero attached hydrogens (tertiary/aromatic N) is 1. The van der Waals surface area contributed by atoms with Gasteiger partial charge in [-0.1, -0.05) is 12.1 Å². The Labute approximate surface area is 97.3 Å². The number of carbonyl (C=O) groups is 2. The molecule has 6 heteroatoms. The molecule has 6 nitrogen and oxygen atoms in total. The second kappa shape index (κ2) is 5.20. The summed E-state index contributed by atoms with van der Waals surface area (Å²) in [6, 6.07) is 4.01. The Morgan fingerprint density at radius 1 is 1.41 bits per heavy atom. The van der Waals surface area contributed by atoms with E-state index in [0.29, 0.717) is 0 Å². The second-order valence-electron chi connectivity index (χ2n) is 3.41. The quantitative estimate of drug-likeness (QED) is 0.343. The van der Waals surface area contributed by atoms with Gasteiger partial charge in [-0.3, -0.25) is 19.7 Å². The van der Waals surface area contributed by atoms with Crippen LogP contribution < -0.4 is 0 Å². The summed E-state index contributed by atoms with van der Waals surface area (Å²) in [5.41, 5.74) is 0.222. The van der Waals surface area contributed by atoms with E-state index in [9.17, 15) is 19.7 Å². The highest BCUT2D eigenvalue weighted by Gasteiger charge is 2.18. The Morgan fingerprint density at radius 2 is 2.06 bits per heavy atom. The third kappa shape index (κ3) is 3.10. The molecular formula is C11H11NO5. The molecule has 0 aliphatic rings. The van der Waals surface area contributed by atoms with Crippen molar-refractivity contribution in [3.63, 3.8) is 0 Å². The molecule has 0 aliphatic heterocycles. The molecule has 0 fully saturated rings. The number of esters is 1. The molecule has 0 bridgehead atoms. The number of benzene rings is 1. The third-order valence-corrected chi connectivity index (χ3v) is 2.25. The molecule has 17 heavy (non-hydrogen) atoms. The van der Waals surface area contributed by atoms with E-state index >= 15 is 0 Å². The zero-order valence-electron chi connectivity index (χ0n) is 9.43. The van der Waals surface area contributed by atoms with E-state index in [-0.39, 0.29) is 29.0 Å². The van der Waals surface area contributed by atoms with Crippen LogP contribution in [0, 0.1) is 10.1 Å². The van der Waals surface area contributed by atoms with Gasteiger partial charge in [-0.25, -0.2) is 0 Å². The fourth-order valence-electron chi connectivity index (χ4n) is 1.33. The van der Waals surface area contributed by atoms with E-state index in [1.165, 1.54) is 32.2 Å². The average Bonchev–Trinajstić information content (AvgIpc) is 2.28. The molecule has 0 saturated heterocycles. The highest BCUT2D eigenvalue weighted by molar-refractivity contribution is 5.95. The van der Waals surface area contributed by atoms with Gasteiger partial charge in [0.15, 0.2) is 5.78 Å². The molecule has 0 N–H and O–H groups in total. The second-order valence-corrected chi connectivity index (χ2v) is 3.41. The molecule has 90 valence electrons. The van der Waals surface area contributed by atoms with Gasteiger partial charge in [0.05, 0.1) is 18.5 Å². The Hall–Kier alpha value is -2.24. The standard InChI is InChI=1S/C11H11NO5/c1-7(13)8-3-4-9(6-11(14)17-2)10(5-8)12(15)16/h3-5H,6H2,1-2H3. The van der Waals surface area contributed by atoms with Gasteiger partial charge in [0.2, 0.25) is 0 Å². The number of hydrogen-bond acceptors (Lipinski definition) is 5. The highest BCUT2D eigenvalue weighted by atomic mass is 16.6. The molecule has 1 aromatic rings. The average molecular weight is 237 g/mol. The molecule has 0 radical (unpaired) electrons. The largest absolute Gasteiger partial charge is 0.469 e. The van der Waals surface area contributed by atoms with Gasteiger partial charge < -0.3 is 4.74 Å². The molecule has 1 rings (SSSR count). The maximum atomic E-state index is 11.1. The molecule has 0 amide bonds. The minimum atomic E-state index is -0.620. The predicted octanol–water partition coefficient (Wildman–Crippen LogP) is 1.51. The molecule has 1 aromatic carbocycles. The Morgan fingerprint density at radius 3 is 2.53 bits per heavy atom. The van der Waals surface area contributed by atoms with Crippen molar-refractivity contribution < 1.29 is 19.2 Å². The summed E-state index contributed by atoms with van der Waals surface area (Å²) in [6.45, 7) is 1.32. The van der Waals surface area contributed by atoms with Crippen molar-refractivity contribution in [2.75, 3.05) is 7.11 Å². The first kappa shape index (κ1) is 12.8. The molecule has 0 unspecified atom stereocenters. The lowest BCUT2D eigenvalue weighted by molar-refractivity contribution is -0.385. The zero-order chi connectivity index (χ0) is 13.0. The first-order valence-corrected chi connectivity index (χ1v) is 4.80. The maximum absolute atomic E-state index is 11.1. The summed E-state index contributed by atoms with van der Waals surface area (Å²) in [4.78, 5) is 32.3. The number of carbonyl (C=O) groups excluding carboxylic acids is 2. The molecule has 0 saturated carbocycles. The number of hydrogen-bond donors (Lipinski definition) is 0. The van der Waals surface area contributed by atoms with E-state index in [4.69, 9.17) is 0 Å². The van der Waals surface area contributed by atoms with Crippen molar-refractivity contribution in [2.45, 2.75) is 13.3 Å². The van der Waals surface area contributed by atoms with Crippen LogP contribution in [-0.2, 0) is 16.0 Å². The number of ether oxygens (including phenoxy) is 1. The first-order valence-electron chi connectivity index (χ1n) is 4.80. The molecule has 0 aliphatic carbocycles. The normalized spacial score (nSPS) is 9.76. The van der Waals surface area contributed by atoms with Crippen LogP contribution in [0.2, 0.25) is 0 Å². The molecule has 0 aromatic heterocycles. The van der Waals surface area contributed by atoms with E-state index in [1.807, 2.05) is 0 Å². The van der Waals surface area contributed by atoms with Crippen LogP contribution in [0.5, 0.6) is 0 Å². The van der Waals surface area contributed by atoms with E-state index in [0.717, 1.165) is 0 Å². The summed E-state index contributed by atoms with van der Waals surface area (Å²) >= 11 is 0. The topological polar surface area (TPSA) is 86.5 Å². The van der Waals surface area contributed by atoms with Crippen molar-refractivity contribution in [2.24, 2.45) is 0 Å². The van der Waals surface area contributed by atoms with Gasteiger partial charge in [-0.05, 0) is 6.92 Å². The highest BCUT2D eigenvalue weighted by Crippen LogP contribution is 2.21. The van der Waals surface area contributed by atoms with Gasteiger partial charge in [-0.2, -0.15) is 0 Å². The van der Waals surface area contributed by atoms with E-state index in [2.05, 4.69) is 4.74 Å². The van der Waals surface area contributed by atoms with Crippen LogP contribution >= 0.6 is 0 Å². The number of nitro benzene ring substituents is 1. The molecular weight excluding hydrogens is 226 g/mol. The van der Waals surface area contributed by atoms with E-state index in [1.54, 1.807) is 0 Å². The monoisotopic (exact) mass is 237 g/mol. The van der Waals surface area contributed by atoms with Gasteiger partial charge in [0, 0.05) is 17.2 Å². The van der Waals surface area contributed by atoms with Crippen LogP contribution in [0.15, 0.2) is 18.2 Å². The number of ketones is 1. The fourth-order valence-corrected chi connectivity index (χ4v) is 1.33. The maximum Gasteiger partial charge on any atom is 0.310 e. The third-order valence-electron chi connectivity index (χ3n) is 2.25.